The summed E-state index contributed by atoms with van der Waals surface area (Å²) < 4.78 is 7.44. The van der Waals surface area contributed by atoms with E-state index >= 15 is 0 Å². The van der Waals surface area contributed by atoms with E-state index in [0.717, 1.165) is 29.6 Å². The maximum absolute atomic E-state index is 13.0. The van der Waals surface area contributed by atoms with Crippen LogP contribution in [0, 0.1) is 0 Å². The number of rotatable bonds is 6. The number of nitrogens with two attached hydrogens (primary N) is 1. The molecule has 10 heteroatoms. The SMILES string of the molecule is CC(C)c1cnn2c(NCc3cccc(N)c3)nc(N[C@H]3CCC(C)(C)N(C(=O)OC(C)(C)C)C3)nc12. The summed E-state index contributed by atoms with van der Waals surface area (Å²) in [6, 6.07) is 7.72. The molecule has 0 unspecified atom stereocenters. The van der Waals surface area contributed by atoms with Crippen molar-refractivity contribution in [2.24, 2.45) is 0 Å². The Kier molecular flexibility index (Phi) is 7.21. The zero-order valence-corrected chi connectivity index (χ0v) is 23.0. The number of nitrogens with zero attached hydrogens (tertiary/aromatic N) is 5. The van der Waals surface area contributed by atoms with E-state index in [2.05, 4.69) is 43.4 Å². The lowest BCUT2D eigenvalue weighted by atomic mass is 9.88. The zero-order chi connectivity index (χ0) is 27.0. The lowest BCUT2D eigenvalue weighted by molar-refractivity contribution is -0.00828. The molecule has 4 N–H and O–H groups in total. The van der Waals surface area contributed by atoms with Crippen LogP contribution in [0.5, 0.6) is 0 Å². The lowest BCUT2D eigenvalue weighted by Crippen LogP contribution is -2.57. The third-order valence-corrected chi connectivity index (χ3v) is 6.60. The summed E-state index contributed by atoms with van der Waals surface area (Å²) >= 11 is 0. The van der Waals surface area contributed by atoms with E-state index in [-0.39, 0.29) is 23.6 Å². The van der Waals surface area contributed by atoms with Gasteiger partial charge in [-0.2, -0.15) is 19.6 Å². The zero-order valence-electron chi connectivity index (χ0n) is 23.0. The number of amides is 1. The highest BCUT2D eigenvalue weighted by atomic mass is 16.6. The highest BCUT2D eigenvalue weighted by Crippen LogP contribution is 2.31. The van der Waals surface area contributed by atoms with E-state index in [1.807, 2.05) is 56.1 Å². The molecule has 10 nitrogen and oxygen atoms in total. The fraction of sp³-hybridized carbons (Fsp3) is 0.556. The first-order chi connectivity index (χ1) is 17.3. The molecule has 1 aromatic carbocycles. The molecule has 4 rings (SSSR count). The Morgan fingerprint density at radius 2 is 2.03 bits per heavy atom. The smallest absolute Gasteiger partial charge is 0.410 e. The Morgan fingerprint density at radius 1 is 1.27 bits per heavy atom. The second-order valence-corrected chi connectivity index (χ2v) is 11.7. The molecule has 37 heavy (non-hydrogen) atoms. The van der Waals surface area contributed by atoms with Gasteiger partial charge in [0.25, 0.3) is 0 Å². The van der Waals surface area contributed by atoms with E-state index in [9.17, 15) is 4.79 Å². The summed E-state index contributed by atoms with van der Waals surface area (Å²) in [6.07, 6.45) is 3.25. The fourth-order valence-electron chi connectivity index (χ4n) is 4.53. The minimum absolute atomic E-state index is 0.0183. The second-order valence-electron chi connectivity index (χ2n) is 11.7. The summed E-state index contributed by atoms with van der Waals surface area (Å²) in [4.78, 5) is 24.4. The van der Waals surface area contributed by atoms with Crippen molar-refractivity contribution in [3.63, 3.8) is 0 Å². The molecule has 3 heterocycles. The van der Waals surface area contributed by atoms with E-state index in [1.165, 1.54) is 0 Å². The van der Waals surface area contributed by atoms with Gasteiger partial charge in [-0.25, -0.2) is 4.79 Å². The predicted octanol–water partition coefficient (Wildman–Crippen LogP) is 5.03. The number of ether oxygens (including phenoxy) is 1. The standard InChI is InChI=1S/C27H40N8O2/c1-17(2)21-15-30-35-22(21)32-23(33-24(35)29-14-18-9-8-10-19(28)13-18)31-20-11-12-27(6,7)34(16-20)25(36)37-26(3,4)5/h8-10,13,15,17,20H,11-12,14,16,28H2,1-7H3,(H2,29,31,32,33)/t20-/m0/s1. The molecule has 0 radical (unpaired) electrons. The van der Waals surface area contributed by atoms with Crippen molar-refractivity contribution in [1.82, 2.24) is 24.5 Å². The molecule has 1 aliphatic rings. The van der Waals surface area contributed by atoms with Crippen molar-refractivity contribution in [3.05, 3.63) is 41.6 Å². The number of hydrogen-bond acceptors (Lipinski definition) is 8. The Labute approximate surface area is 219 Å². The van der Waals surface area contributed by atoms with Crippen LogP contribution < -0.4 is 16.4 Å². The highest BCUT2D eigenvalue weighted by molar-refractivity contribution is 5.69. The van der Waals surface area contributed by atoms with Crippen LogP contribution in [-0.2, 0) is 11.3 Å². The number of hydrogen-bond donors (Lipinski definition) is 3. The van der Waals surface area contributed by atoms with E-state index in [4.69, 9.17) is 20.4 Å². The van der Waals surface area contributed by atoms with Gasteiger partial charge in [0.05, 0.1) is 6.20 Å². The van der Waals surface area contributed by atoms with E-state index in [0.29, 0.717) is 30.7 Å². The first kappa shape index (κ1) is 26.5. The molecule has 1 aliphatic heterocycles. The predicted molar refractivity (Wildman–Crippen MR) is 147 cm³/mol. The molecule has 2 aromatic heterocycles. The largest absolute Gasteiger partial charge is 0.444 e. The van der Waals surface area contributed by atoms with Crippen LogP contribution in [0.25, 0.3) is 5.65 Å². The van der Waals surface area contributed by atoms with Crippen molar-refractivity contribution in [2.75, 3.05) is 22.9 Å². The molecule has 3 aromatic rings. The average molecular weight is 509 g/mol. The first-order valence-electron chi connectivity index (χ1n) is 12.9. The van der Waals surface area contributed by atoms with Crippen molar-refractivity contribution in [2.45, 2.75) is 91.0 Å². The summed E-state index contributed by atoms with van der Waals surface area (Å²) in [5.41, 5.74) is 8.64. The third kappa shape index (κ3) is 6.23. The van der Waals surface area contributed by atoms with Crippen LogP contribution in [0.2, 0.25) is 0 Å². The van der Waals surface area contributed by atoms with Crippen molar-refractivity contribution >= 4 is 29.3 Å². The van der Waals surface area contributed by atoms with Gasteiger partial charge in [0.15, 0.2) is 5.65 Å². The number of aromatic nitrogens is 4. The second kappa shape index (κ2) is 10.1. The number of benzene rings is 1. The van der Waals surface area contributed by atoms with Crippen LogP contribution in [0.3, 0.4) is 0 Å². The van der Waals surface area contributed by atoms with Gasteiger partial charge < -0.3 is 26.0 Å². The van der Waals surface area contributed by atoms with E-state index < -0.39 is 5.60 Å². The van der Waals surface area contributed by atoms with Gasteiger partial charge >= 0.3 is 6.09 Å². The highest BCUT2D eigenvalue weighted by Gasteiger charge is 2.39. The van der Waals surface area contributed by atoms with Gasteiger partial charge in [0, 0.05) is 35.9 Å². The molecule has 1 fully saturated rings. The van der Waals surface area contributed by atoms with Gasteiger partial charge in [0.1, 0.15) is 5.60 Å². The van der Waals surface area contributed by atoms with Crippen LogP contribution in [-0.4, -0.2) is 54.3 Å². The average Bonchev–Trinajstić information content (AvgIpc) is 3.22. The van der Waals surface area contributed by atoms with Gasteiger partial charge in [0.2, 0.25) is 11.9 Å². The van der Waals surface area contributed by atoms with Crippen LogP contribution in [0.1, 0.15) is 78.4 Å². The summed E-state index contributed by atoms with van der Waals surface area (Å²) in [6.45, 7) is 15.1. The van der Waals surface area contributed by atoms with Gasteiger partial charge in [-0.3, -0.25) is 0 Å². The summed E-state index contributed by atoms with van der Waals surface area (Å²) in [5.74, 6) is 1.33. The number of carbonyl (C=O) groups excluding carboxylic acids is 1. The molecule has 0 aliphatic carbocycles. The number of piperidine rings is 1. The topological polar surface area (TPSA) is 123 Å². The number of carbonyl (C=O) groups is 1. The van der Waals surface area contributed by atoms with Gasteiger partial charge in [-0.15, -0.1) is 0 Å². The summed E-state index contributed by atoms with van der Waals surface area (Å²) in [7, 11) is 0. The Hall–Kier alpha value is -3.56. The monoisotopic (exact) mass is 508 g/mol. The molecule has 0 bridgehead atoms. The minimum atomic E-state index is -0.555. The molecule has 0 saturated carbocycles. The van der Waals surface area contributed by atoms with E-state index in [1.54, 1.807) is 4.52 Å². The quantitative estimate of drug-likeness (QED) is 0.396. The Balaban J connectivity index is 1.59. The van der Waals surface area contributed by atoms with Crippen molar-refractivity contribution in [3.8, 4) is 0 Å². The minimum Gasteiger partial charge on any atom is -0.444 e. The van der Waals surface area contributed by atoms with Crippen LogP contribution in [0.15, 0.2) is 30.5 Å². The molecular formula is C27H40N8O2. The number of fused-ring (bicyclic) bond motifs is 1. The fourth-order valence-corrected chi connectivity index (χ4v) is 4.53. The Morgan fingerprint density at radius 3 is 2.70 bits per heavy atom. The molecule has 1 atom stereocenters. The third-order valence-electron chi connectivity index (χ3n) is 6.60. The molecule has 1 saturated heterocycles. The first-order valence-corrected chi connectivity index (χ1v) is 12.9. The summed E-state index contributed by atoms with van der Waals surface area (Å²) in [5, 5.41) is 11.4. The Bertz CT molecular complexity index is 1260. The maximum Gasteiger partial charge on any atom is 0.410 e. The lowest BCUT2D eigenvalue weighted by Gasteiger charge is -2.45. The number of anilines is 3. The number of nitrogen functional groups attached to an aromatic ring is 1. The van der Waals surface area contributed by atoms with Gasteiger partial charge in [-0.1, -0.05) is 26.0 Å². The molecule has 0 spiro atoms. The molecular weight excluding hydrogens is 468 g/mol. The number of likely N-dealkylation sites (tertiary alicyclic amines) is 1. The van der Waals surface area contributed by atoms with Gasteiger partial charge in [-0.05, 0) is 71.1 Å². The normalized spacial score (nSPS) is 17.7. The molecule has 200 valence electrons. The molecule has 1 amide bonds. The van der Waals surface area contributed by atoms with Crippen molar-refractivity contribution < 1.29 is 9.53 Å². The van der Waals surface area contributed by atoms with Crippen LogP contribution in [0.4, 0.5) is 22.4 Å². The number of nitrogens with one attached hydrogen (secondary N) is 2. The van der Waals surface area contributed by atoms with Crippen LogP contribution >= 0.6 is 0 Å². The maximum atomic E-state index is 13.0. The van der Waals surface area contributed by atoms with Crippen molar-refractivity contribution in [1.29, 1.82) is 0 Å².